The zero-order valence-electron chi connectivity index (χ0n) is 19.7. The van der Waals surface area contributed by atoms with Crippen LogP contribution in [0.5, 0.6) is 0 Å². The fourth-order valence-corrected chi connectivity index (χ4v) is 5.98. The number of hydrogen-bond acceptors (Lipinski definition) is 2. The van der Waals surface area contributed by atoms with Crippen LogP contribution in [0.15, 0.2) is 24.3 Å². The second kappa shape index (κ2) is 11.9. The van der Waals surface area contributed by atoms with Crippen LogP contribution in [-0.2, 0) is 4.74 Å². The van der Waals surface area contributed by atoms with Crippen molar-refractivity contribution in [1.82, 2.24) is 0 Å². The van der Waals surface area contributed by atoms with Gasteiger partial charge in [0.2, 0.25) is 0 Å². The first-order chi connectivity index (χ1) is 14.6. The molecule has 2 nitrogen and oxygen atoms in total. The summed E-state index contributed by atoms with van der Waals surface area (Å²) in [5, 5.41) is 0. The summed E-state index contributed by atoms with van der Waals surface area (Å²) >= 11 is 0. The SMILES string of the molecule is CCCCCC1CC[C@@H](c2ccc(C(=O)OC3CCC(CCC)CC3)cc2)[C@H](C)C1. The van der Waals surface area contributed by atoms with Gasteiger partial charge in [-0.25, -0.2) is 4.79 Å². The van der Waals surface area contributed by atoms with Crippen LogP contribution in [-0.4, -0.2) is 12.1 Å². The van der Waals surface area contributed by atoms with Crippen molar-refractivity contribution in [3.63, 3.8) is 0 Å². The topological polar surface area (TPSA) is 26.3 Å². The van der Waals surface area contributed by atoms with E-state index in [0.717, 1.165) is 36.2 Å². The summed E-state index contributed by atoms with van der Waals surface area (Å²) in [4.78, 5) is 12.6. The number of esters is 1. The predicted molar refractivity (Wildman–Crippen MR) is 126 cm³/mol. The molecule has 30 heavy (non-hydrogen) atoms. The Morgan fingerprint density at radius 1 is 0.867 bits per heavy atom. The van der Waals surface area contributed by atoms with E-state index in [9.17, 15) is 4.79 Å². The zero-order valence-corrected chi connectivity index (χ0v) is 19.7. The van der Waals surface area contributed by atoms with Gasteiger partial charge in [0.15, 0.2) is 0 Å². The number of benzene rings is 1. The second-order valence-corrected chi connectivity index (χ2v) is 10.2. The first-order valence-corrected chi connectivity index (χ1v) is 12.9. The lowest BCUT2D eigenvalue weighted by molar-refractivity contribution is 0.0161. The molecule has 0 saturated heterocycles. The van der Waals surface area contributed by atoms with Crippen molar-refractivity contribution in [3.8, 4) is 0 Å². The van der Waals surface area contributed by atoms with Crippen molar-refractivity contribution in [2.45, 2.75) is 116 Å². The lowest BCUT2D eigenvalue weighted by atomic mass is 9.71. The van der Waals surface area contributed by atoms with E-state index in [2.05, 4.69) is 32.9 Å². The number of hydrogen-bond donors (Lipinski definition) is 0. The van der Waals surface area contributed by atoms with Gasteiger partial charge in [-0.3, -0.25) is 0 Å². The minimum Gasteiger partial charge on any atom is -0.459 e. The van der Waals surface area contributed by atoms with Crippen molar-refractivity contribution in [3.05, 3.63) is 35.4 Å². The standard InChI is InChI=1S/C28H44O2/c1-4-6-7-9-23-12-19-27(21(3)20-23)24-13-15-25(16-14-24)28(29)30-26-17-10-22(8-5-2)11-18-26/h13-16,21-23,26-27H,4-12,17-20H2,1-3H3/t21-,22?,23?,26?,27-/m1/s1. The van der Waals surface area contributed by atoms with E-state index in [0.29, 0.717) is 5.92 Å². The van der Waals surface area contributed by atoms with Crippen LogP contribution < -0.4 is 0 Å². The molecule has 2 aliphatic carbocycles. The van der Waals surface area contributed by atoms with Gasteiger partial charge in [0.25, 0.3) is 0 Å². The van der Waals surface area contributed by atoms with Crippen LogP contribution in [0.25, 0.3) is 0 Å². The lowest BCUT2D eigenvalue weighted by Gasteiger charge is -2.34. The van der Waals surface area contributed by atoms with Crippen LogP contribution >= 0.6 is 0 Å². The van der Waals surface area contributed by atoms with Gasteiger partial charge in [0.1, 0.15) is 6.10 Å². The van der Waals surface area contributed by atoms with E-state index in [1.165, 1.54) is 76.2 Å². The number of rotatable bonds is 9. The van der Waals surface area contributed by atoms with E-state index in [1.54, 1.807) is 0 Å². The Morgan fingerprint density at radius 2 is 1.57 bits per heavy atom. The fraction of sp³-hybridized carbons (Fsp3) is 0.750. The second-order valence-electron chi connectivity index (χ2n) is 10.2. The van der Waals surface area contributed by atoms with Crippen LogP contribution in [0.1, 0.15) is 126 Å². The number of carbonyl (C=O) groups excluding carboxylic acids is 1. The van der Waals surface area contributed by atoms with Crippen molar-refractivity contribution >= 4 is 5.97 Å². The minimum atomic E-state index is -0.131. The Labute approximate surface area is 185 Å². The molecule has 0 spiro atoms. The highest BCUT2D eigenvalue weighted by molar-refractivity contribution is 5.89. The summed E-state index contributed by atoms with van der Waals surface area (Å²) in [6.45, 7) is 6.97. The molecule has 168 valence electrons. The van der Waals surface area contributed by atoms with Crippen molar-refractivity contribution in [2.24, 2.45) is 17.8 Å². The van der Waals surface area contributed by atoms with Gasteiger partial charge < -0.3 is 4.74 Å². The Bertz CT molecular complexity index is 627. The number of carbonyl (C=O) groups is 1. The summed E-state index contributed by atoms with van der Waals surface area (Å²) in [5.74, 6) is 3.01. The maximum absolute atomic E-state index is 12.6. The predicted octanol–water partition coefficient (Wildman–Crippen LogP) is 8.30. The first kappa shape index (κ1) is 23.4. The summed E-state index contributed by atoms with van der Waals surface area (Å²) in [5.41, 5.74) is 2.13. The van der Waals surface area contributed by atoms with Gasteiger partial charge in [-0.05, 0) is 86.3 Å². The van der Waals surface area contributed by atoms with Crippen molar-refractivity contribution in [2.75, 3.05) is 0 Å². The molecule has 2 aliphatic rings. The Hall–Kier alpha value is -1.31. The highest BCUT2D eigenvalue weighted by atomic mass is 16.5. The van der Waals surface area contributed by atoms with Crippen LogP contribution in [0, 0.1) is 17.8 Å². The fourth-order valence-electron chi connectivity index (χ4n) is 5.98. The monoisotopic (exact) mass is 412 g/mol. The maximum atomic E-state index is 12.6. The highest BCUT2D eigenvalue weighted by Crippen LogP contribution is 2.42. The van der Waals surface area contributed by atoms with Gasteiger partial charge in [-0.2, -0.15) is 0 Å². The molecule has 0 aromatic heterocycles. The number of unbranched alkanes of at least 4 members (excludes halogenated alkanes) is 2. The lowest BCUT2D eigenvalue weighted by Crippen LogP contribution is -2.24. The average molecular weight is 413 g/mol. The van der Waals surface area contributed by atoms with Crippen molar-refractivity contribution in [1.29, 1.82) is 0 Å². The molecule has 1 aromatic carbocycles. The molecule has 2 heteroatoms. The molecular weight excluding hydrogens is 368 g/mol. The quantitative estimate of drug-likeness (QED) is 0.301. The third-order valence-corrected chi connectivity index (χ3v) is 7.83. The van der Waals surface area contributed by atoms with E-state index in [1.807, 2.05) is 12.1 Å². The molecular formula is C28H44O2. The highest BCUT2D eigenvalue weighted by Gasteiger charge is 2.29. The van der Waals surface area contributed by atoms with Gasteiger partial charge in [-0.15, -0.1) is 0 Å². The minimum absolute atomic E-state index is 0.119. The Balaban J connectivity index is 1.47. The molecule has 0 N–H and O–H groups in total. The van der Waals surface area contributed by atoms with Crippen LogP contribution in [0.3, 0.4) is 0 Å². The van der Waals surface area contributed by atoms with Gasteiger partial charge >= 0.3 is 5.97 Å². The van der Waals surface area contributed by atoms with Crippen molar-refractivity contribution < 1.29 is 9.53 Å². The van der Waals surface area contributed by atoms with Gasteiger partial charge in [0.05, 0.1) is 5.56 Å². The largest absolute Gasteiger partial charge is 0.459 e. The van der Waals surface area contributed by atoms with Gasteiger partial charge in [0, 0.05) is 0 Å². The molecule has 2 saturated carbocycles. The molecule has 0 heterocycles. The molecule has 0 radical (unpaired) electrons. The van der Waals surface area contributed by atoms with E-state index >= 15 is 0 Å². The van der Waals surface area contributed by atoms with E-state index < -0.39 is 0 Å². The molecule has 1 aromatic rings. The summed E-state index contributed by atoms with van der Waals surface area (Å²) in [7, 11) is 0. The molecule has 0 aliphatic heterocycles. The van der Waals surface area contributed by atoms with Gasteiger partial charge in [-0.1, -0.05) is 71.4 Å². The zero-order chi connectivity index (χ0) is 21.3. The summed E-state index contributed by atoms with van der Waals surface area (Å²) in [6.07, 6.45) is 16.7. The summed E-state index contributed by atoms with van der Waals surface area (Å²) < 4.78 is 5.83. The molecule has 3 atom stereocenters. The third kappa shape index (κ3) is 6.59. The third-order valence-electron chi connectivity index (χ3n) is 7.83. The molecule has 1 unspecified atom stereocenters. The molecule has 0 amide bonds. The smallest absolute Gasteiger partial charge is 0.338 e. The average Bonchev–Trinajstić information content (AvgIpc) is 2.76. The van der Waals surface area contributed by atoms with Crippen LogP contribution in [0.2, 0.25) is 0 Å². The first-order valence-electron chi connectivity index (χ1n) is 12.9. The Kier molecular flexibility index (Phi) is 9.27. The summed E-state index contributed by atoms with van der Waals surface area (Å²) in [6, 6.07) is 8.38. The van der Waals surface area contributed by atoms with E-state index in [4.69, 9.17) is 4.74 Å². The van der Waals surface area contributed by atoms with Crippen LogP contribution in [0.4, 0.5) is 0 Å². The molecule has 0 bridgehead atoms. The number of ether oxygens (including phenoxy) is 1. The maximum Gasteiger partial charge on any atom is 0.338 e. The normalized spacial score (nSPS) is 29.5. The Morgan fingerprint density at radius 3 is 2.20 bits per heavy atom. The van der Waals surface area contributed by atoms with E-state index in [-0.39, 0.29) is 12.1 Å². The molecule has 3 rings (SSSR count). The molecule has 2 fully saturated rings.